The minimum atomic E-state index is -4.79. The van der Waals surface area contributed by atoms with Gasteiger partial charge in [-0.15, -0.1) is 0 Å². The number of esters is 2. The van der Waals surface area contributed by atoms with Crippen molar-refractivity contribution < 1.29 is 52.6 Å². The Hall–Kier alpha value is -3.38. The number of ether oxygens (including phenoxy) is 2. The molecule has 0 rings (SSSR count). The number of rotatable bonds is 41. The molecule has 0 aromatic carbocycles. The Morgan fingerprint density at radius 2 is 1.11 bits per heavy atom. The van der Waals surface area contributed by atoms with Gasteiger partial charge in [-0.2, -0.15) is 0 Å². The van der Waals surface area contributed by atoms with E-state index in [1.807, 2.05) is 6.08 Å². The lowest BCUT2D eigenvalue weighted by molar-refractivity contribution is -0.161. The highest BCUT2D eigenvalue weighted by Crippen LogP contribution is 2.43. The zero-order valence-corrected chi connectivity index (χ0v) is 38.2. The first-order valence-electron chi connectivity index (χ1n) is 22.7. The van der Waals surface area contributed by atoms with E-state index in [4.69, 9.17) is 24.8 Å². The van der Waals surface area contributed by atoms with Gasteiger partial charge in [0.05, 0.1) is 19.3 Å². The largest absolute Gasteiger partial charge is 0.480 e. The molecule has 4 atom stereocenters. The molecular formula is C48H80NO11P. The zero-order valence-electron chi connectivity index (χ0n) is 37.3. The molecule has 0 spiro atoms. The van der Waals surface area contributed by atoms with Crippen molar-refractivity contribution in [2.24, 2.45) is 5.73 Å². The van der Waals surface area contributed by atoms with E-state index in [9.17, 15) is 28.9 Å². The molecule has 0 aromatic rings. The first-order valence-corrected chi connectivity index (χ1v) is 24.2. The normalized spacial score (nSPS) is 15.0. The Balaban J connectivity index is 4.59. The average Bonchev–Trinajstić information content (AvgIpc) is 3.23. The van der Waals surface area contributed by atoms with Crippen molar-refractivity contribution in [2.45, 2.75) is 180 Å². The lowest BCUT2D eigenvalue weighted by Crippen LogP contribution is -2.34. The first kappa shape index (κ1) is 57.6. The van der Waals surface area contributed by atoms with Crippen LogP contribution in [0, 0.1) is 0 Å². The average molecular weight is 878 g/mol. The van der Waals surface area contributed by atoms with Gasteiger partial charge in [0.25, 0.3) is 0 Å². The van der Waals surface area contributed by atoms with Crippen LogP contribution in [0.3, 0.4) is 0 Å². The fourth-order valence-corrected chi connectivity index (χ4v) is 6.42. The number of aliphatic carboxylic acids is 1. The van der Waals surface area contributed by atoms with Crippen molar-refractivity contribution in [1.29, 1.82) is 0 Å². The van der Waals surface area contributed by atoms with E-state index >= 15 is 0 Å². The Morgan fingerprint density at radius 3 is 1.67 bits per heavy atom. The van der Waals surface area contributed by atoms with Crippen molar-refractivity contribution in [3.05, 3.63) is 85.1 Å². The summed E-state index contributed by atoms with van der Waals surface area (Å²) in [6.07, 6.45) is 48.3. The predicted octanol–water partition coefficient (Wildman–Crippen LogP) is 11.3. The van der Waals surface area contributed by atoms with Crippen LogP contribution in [0.5, 0.6) is 0 Å². The smallest absolute Gasteiger partial charge is 0.472 e. The van der Waals surface area contributed by atoms with Gasteiger partial charge in [-0.25, -0.2) is 4.57 Å². The maximum atomic E-state index is 12.7. The van der Waals surface area contributed by atoms with Crippen molar-refractivity contribution in [3.63, 3.8) is 0 Å². The summed E-state index contributed by atoms with van der Waals surface area (Å²) in [6, 6.07) is -1.56. The van der Waals surface area contributed by atoms with Gasteiger partial charge in [-0.1, -0.05) is 163 Å². The molecule has 5 N–H and O–H groups in total. The Bertz CT molecular complexity index is 1370. The second-order valence-corrected chi connectivity index (χ2v) is 16.5. The van der Waals surface area contributed by atoms with Gasteiger partial charge in [0.15, 0.2) is 6.10 Å². The van der Waals surface area contributed by atoms with E-state index in [0.29, 0.717) is 6.42 Å². The topological polar surface area (TPSA) is 192 Å². The molecule has 13 heteroatoms. The van der Waals surface area contributed by atoms with E-state index in [1.165, 1.54) is 57.8 Å². The predicted molar refractivity (Wildman–Crippen MR) is 246 cm³/mol. The molecule has 0 amide bonds. The number of aliphatic hydroxyl groups is 1. The Morgan fingerprint density at radius 1 is 0.607 bits per heavy atom. The monoisotopic (exact) mass is 878 g/mol. The molecule has 2 unspecified atom stereocenters. The standard InChI is InChI=1S/C48H80NO11P/c1-3-5-7-9-11-13-15-17-19-21-23-25-27-29-31-33-35-37-46(51)57-40-44(41-58-61(55,56)59-42-45(49)48(53)54)60-47(52)39-38-43(50)36-34-32-30-28-26-24-22-20-18-16-14-12-10-8-6-4-2/h6,8,12,14,17-20,24,26,30,32,34,36,43-45,50H,3-5,7,9-11,13,15-16,21-23,25,27-29,31,33,35,37-42,49H2,1-2H3,(H,53,54)(H,55,56)/b8-6-,14-12-,19-17-,20-18-,26-24-,32-30-,36-34-/t43?,44-,45+/m1/s1. The number of allylic oxidation sites excluding steroid dienone is 13. The second-order valence-electron chi connectivity index (χ2n) is 15.0. The summed E-state index contributed by atoms with van der Waals surface area (Å²) in [6.45, 7) is 2.43. The highest BCUT2D eigenvalue weighted by molar-refractivity contribution is 7.47. The van der Waals surface area contributed by atoms with Crippen LogP contribution in [0.4, 0.5) is 0 Å². The van der Waals surface area contributed by atoms with Crippen LogP contribution in [-0.4, -0.2) is 71.1 Å². The van der Waals surface area contributed by atoms with Gasteiger partial charge >= 0.3 is 25.7 Å². The number of phosphoric ester groups is 1. The van der Waals surface area contributed by atoms with Gasteiger partial charge in [-0.05, 0) is 70.6 Å². The minimum Gasteiger partial charge on any atom is -0.480 e. The van der Waals surface area contributed by atoms with Crippen LogP contribution in [0.1, 0.15) is 162 Å². The molecule has 0 radical (unpaired) electrons. The molecule has 0 saturated carbocycles. The molecule has 0 bridgehead atoms. The third-order valence-corrected chi connectivity index (χ3v) is 10.2. The van der Waals surface area contributed by atoms with E-state index in [-0.39, 0.29) is 19.3 Å². The van der Waals surface area contributed by atoms with E-state index < -0.39 is 63.8 Å². The van der Waals surface area contributed by atoms with E-state index in [1.54, 1.807) is 18.2 Å². The van der Waals surface area contributed by atoms with Gasteiger partial charge in [0.1, 0.15) is 12.6 Å². The fourth-order valence-electron chi connectivity index (χ4n) is 5.64. The van der Waals surface area contributed by atoms with Crippen molar-refractivity contribution in [3.8, 4) is 0 Å². The summed E-state index contributed by atoms with van der Waals surface area (Å²) in [7, 11) is -4.79. The molecule has 0 aliphatic rings. The van der Waals surface area contributed by atoms with Crippen LogP contribution < -0.4 is 5.73 Å². The Labute approximate surface area is 367 Å². The second kappa shape index (κ2) is 41.9. The molecule has 0 aromatic heterocycles. The summed E-state index contributed by atoms with van der Waals surface area (Å²) >= 11 is 0. The van der Waals surface area contributed by atoms with Crippen LogP contribution >= 0.6 is 7.82 Å². The number of unbranched alkanes of at least 4 members (excludes halogenated alkanes) is 13. The maximum Gasteiger partial charge on any atom is 0.472 e. The van der Waals surface area contributed by atoms with Gasteiger partial charge in [-0.3, -0.25) is 23.4 Å². The van der Waals surface area contributed by atoms with Gasteiger partial charge < -0.3 is 30.3 Å². The quantitative estimate of drug-likeness (QED) is 0.0150. The zero-order chi connectivity index (χ0) is 45.1. The summed E-state index contributed by atoms with van der Waals surface area (Å²) in [5.41, 5.74) is 5.32. The molecule has 12 nitrogen and oxygen atoms in total. The summed E-state index contributed by atoms with van der Waals surface area (Å²) in [5.74, 6) is -2.70. The maximum absolute atomic E-state index is 12.7. The fraction of sp³-hybridized carbons (Fsp3) is 0.646. The SMILES string of the molecule is CC/C=C\C/C=C\C/C=C\C/C=C\C/C=C\C=C/C(O)CCC(=O)O[C@H](COC(=O)CCCCCCCCC/C=C\CCCCCCCC)COP(=O)(O)OC[C@H](N)C(=O)O. The number of phosphoric acid groups is 1. The molecule has 0 aliphatic carbocycles. The van der Waals surface area contributed by atoms with Crippen LogP contribution in [0.15, 0.2) is 85.1 Å². The third kappa shape index (κ3) is 41.7. The Kier molecular flexibility index (Phi) is 39.6. The van der Waals surface area contributed by atoms with Gasteiger partial charge in [0, 0.05) is 12.8 Å². The van der Waals surface area contributed by atoms with E-state index in [2.05, 4.69) is 79.1 Å². The number of hydrogen-bond acceptors (Lipinski definition) is 10. The molecule has 0 heterocycles. The first-order chi connectivity index (χ1) is 29.5. The van der Waals surface area contributed by atoms with Crippen LogP contribution in [0.2, 0.25) is 0 Å². The van der Waals surface area contributed by atoms with Crippen molar-refractivity contribution in [2.75, 3.05) is 19.8 Å². The highest BCUT2D eigenvalue weighted by atomic mass is 31.2. The molecule has 348 valence electrons. The number of nitrogens with two attached hydrogens (primary N) is 1. The summed E-state index contributed by atoms with van der Waals surface area (Å²) in [5, 5.41) is 19.2. The molecule has 0 fully saturated rings. The summed E-state index contributed by atoms with van der Waals surface area (Å²) < 4.78 is 32.5. The third-order valence-electron chi connectivity index (χ3n) is 9.24. The number of carbonyl (C=O) groups is 3. The van der Waals surface area contributed by atoms with Crippen LogP contribution in [-0.2, 0) is 37.5 Å². The number of carbonyl (C=O) groups excluding carboxylic acids is 2. The van der Waals surface area contributed by atoms with Crippen molar-refractivity contribution in [1.82, 2.24) is 0 Å². The summed E-state index contributed by atoms with van der Waals surface area (Å²) in [4.78, 5) is 46.0. The number of carboxylic acid groups (broad SMARTS) is 1. The molecule has 0 saturated heterocycles. The molecule has 61 heavy (non-hydrogen) atoms. The molecule has 0 aliphatic heterocycles. The van der Waals surface area contributed by atoms with E-state index in [0.717, 1.165) is 64.2 Å². The molecular weight excluding hydrogens is 797 g/mol. The lowest BCUT2D eigenvalue weighted by atomic mass is 10.1. The number of carboxylic acids is 1. The van der Waals surface area contributed by atoms with Gasteiger partial charge in [0.2, 0.25) is 0 Å². The van der Waals surface area contributed by atoms with Crippen LogP contribution in [0.25, 0.3) is 0 Å². The number of hydrogen-bond donors (Lipinski definition) is 4. The van der Waals surface area contributed by atoms with Crippen molar-refractivity contribution >= 4 is 25.7 Å². The highest BCUT2D eigenvalue weighted by Gasteiger charge is 2.28. The minimum absolute atomic E-state index is 0.0401. The lowest BCUT2D eigenvalue weighted by Gasteiger charge is -2.20. The number of aliphatic hydroxyl groups excluding tert-OH is 1.